The SMILES string of the molecule is O=C1C(=O)N(CCCCCCCl)c2cc(F)c(Br)cc21. The fraction of sp³-hybridized carbons (Fsp3) is 0.429. The minimum atomic E-state index is -0.574. The van der Waals surface area contributed by atoms with Gasteiger partial charge in [0.2, 0.25) is 0 Å². The Bertz CT molecular complexity index is 550. The van der Waals surface area contributed by atoms with E-state index < -0.39 is 17.5 Å². The van der Waals surface area contributed by atoms with Crippen LogP contribution in [0.4, 0.5) is 10.1 Å². The lowest BCUT2D eigenvalue weighted by atomic mass is 10.1. The first-order chi connectivity index (χ1) is 9.56. The minimum Gasteiger partial charge on any atom is -0.305 e. The van der Waals surface area contributed by atoms with Crippen LogP contribution in [-0.2, 0) is 4.79 Å². The second-order valence-electron chi connectivity index (χ2n) is 4.67. The Labute approximate surface area is 130 Å². The van der Waals surface area contributed by atoms with E-state index in [1.165, 1.54) is 17.0 Å². The van der Waals surface area contributed by atoms with Gasteiger partial charge in [-0.3, -0.25) is 9.59 Å². The van der Waals surface area contributed by atoms with E-state index in [0.29, 0.717) is 18.1 Å². The molecule has 0 fully saturated rings. The Kier molecular flexibility index (Phi) is 5.16. The highest BCUT2D eigenvalue weighted by molar-refractivity contribution is 9.10. The molecule has 6 heteroatoms. The van der Waals surface area contributed by atoms with Gasteiger partial charge in [-0.05, 0) is 40.9 Å². The van der Waals surface area contributed by atoms with Crippen LogP contribution in [0.2, 0.25) is 0 Å². The highest BCUT2D eigenvalue weighted by Gasteiger charge is 2.36. The molecule has 0 aromatic heterocycles. The number of halogens is 3. The molecule has 1 aromatic rings. The normalized spacial score (nSPS) is 14.1. The van der Waals surface area contributed by atoms with Crippen LogP contribution in [0, 0.1) is 5.82 Å². The van der Waals surface area contributed by atoms with Gasteiger partial charge in [0, 0.05) is 12.4 Å². The molecule has 3 nitrogen and oxygen atoms in total. The maximum absolute atomic E-state index is 13.6. The molecule has 0 N–H and O–H groups in total. The van der Waals surface area contributed by atoms with Crippen LogP contribution in [0.1, 0.15) is 36.0 Å². The number of carbonyl (C=O) groups excluding carboxylic acids is 2. The van der Waals surface area contributed by atoms with E-state index >= 15 is 0 Å². The van der Waals surface area contributed by atoms with Crippen molar-refractivity contribution in [1.82, 2.24) is 0 Å². The smallest absolute Gasteiger partial charge is 0.299 e. The Hall–Kier alpha value is -0.940. The van der Waals surface area contributed by atoms with Gasteiger partial charge >= 0.3 is 0 Å². The van der Waals surface area contributed by atoms with Crippen molar-refractivity contribution >= 4 is 44.9 Å². The molecule has 0 unspecified atom stereocenters. The number of hydrogen-bond donors (Lipinski definition) is 0. The van der Waals surface area contributed by atoms with Crippen LogP contribution >= 0.6 is 27.5 Å². The number of rotatable bonds is 6. The number of benzene rings is 1. The van der Waals surface area contributed by atoms with Crippen molar-refractivity contribution in [2.24, 2.45) is 0 Å². The van der Waals surface area contributed by atoms with Crippen LogP contribution in [0.5, 0.6) is 0 Å². The van der Waals surface area contributed by atoms with Gasteiger partial charge in [0.1, 0.15) is 5.82 Å². The summed E-state index contributed by atoms with van der Waals surface area (Å²) in [7, 11) is 0. The summed E-state index contributed by atoms with van der Waals surface area (Å²) >= 11 is 8.62. The summed E-state index contributed by atoms with van der Waals surface area (Å²) < 4.78 is 13.8. The molecule has 0 spiro atoms. The maximum Gasteiger partial charge on any atom is 0.299 e. The molecule has 2 rings (SSSR count). The van der Waals surface area contributed by atoms with E-state index in [9.17, 15) is 14.0 Å². The van der Waals surface area contributed by atoms with Crippen molar-refractivity contribution < 1.29 is 14.0 Å². The van der Waals surface area contributed by atoms with E-state index in [0.717, 1.165) is 25.7 Å². The van der Waals surface area contributed by atoms with Gasteiger partial charge in [-0.1, -0.05) is 12.8 Å². The number of amides is 1. The lowest BCUT2D eigenvalue weighted by Crippen LogP contribution is -2.30. The second-order valence-corrected chi connectivity index (χ2v) is 5.90. The van der Waals surface area contributed by atoms with E-state index in [2.05, 4.69) is 15.9 Å². The predicted molar refractivity (Wildman–Crippen MR) is 80.0 cm³/mol. The molecule has 0 bridgehead atoms. The van der Waals surface area contributed by atoms with E-state index in [1.807, 2.05) is 0 Å². The summed E-state index contributed by atoms with van der Waals surface area (Å²) in [6.45, 7) is 0.431. The van der Waals surface area contributed by atoms with Crippen molar-refractivity contribution in [3.63, 3.8) is 0 Å². The van der Waals surface area contributed by atoms with E-state index in [4.69, 9.17) is 11.6 Å². The third-order valence-electron chi connectivity index (χ3n) is 3.28. The number of nitrogens with zero attached hydrogens (tertiary/aromatic N) is 1. The molecular formula is C14H14BrClFNO2. The molecule has 0 aliphatic carbocycles. The van der Waals surface area contributed by atoms with Gasteiger partial charge in [-0.15, -0.1) is 11.6 Å². The van der Waals surface area contributed by atoms with Crippen molar-refractivity contribution in [1.29, 1.82) is 0 Å². The highest BCUT2D eigenvalue weighted by Crippen LogP contribution is 2.33. The van der Waals surface area contributed by atoms with Gasteiger partial charge in [0.15, 0.2) is 0 Å². The molecule has 1 aliphatic rings. The fourth-order valence-electron chi connectivity index (χ4n) is 2.23. The summed E-state index contributed by atoms with van der Waals surface area (Å²) in [5.74, 6) is -0.988. The summed E-state index contributed by atoms with van der Waals surface area (Å²) in [5.41, 5.74) is 0.641. The monoisotopic (exact) mass is 361 g/mol. The van der Waals surface area contributed by atoms with E-state index in [1.54, 1.807) is 0 Å². The number of carbonyl (C=O) groups is 2. The molecule has 108 valence electrons. The standard InChI is InChI=1S/C14H14BrClFNO2/c15-10-7-9-12(8-11(10)17)18(14(20)13(9)19)6-4-2-1-3-5-16/h7-8H,1-6H2. The van der Waals surface area contributed by atoms with Gasteiger partial charge < -0.3 is 4.90 Å². The maximum atomic E-state index is 13.6. The lowest BCUT2D eigenvalue weighted by Gasteiger charge is -2.16. The zero-order valence-electron chi connectivity index (χ0n) is 10.8. The number of fused-ring (bicyclic) bond motifs is 1. The van der Waals surface area contributed by atoms with Crippen LogP contribution in [-0.4, -0.2) is 24.1 Å². The van der Waals surface area contributed by atoms with Crippen molar-refractivity contribution in [2.75, 3.05) is 17.3 Å². The number of unbranched alkanes of at least 4 members (excludes halogenated alkanes) is 3. The van der Waals surface area contributed by atoms with Crippen LogP contribution < -0.4 is 4.90 Å². The lowest BCUT2D eigenvalue weighted by molar-refractivity contribution is -0.114. The average Bonchev–Trinajstić information content (AvgIpc) is 2.64. The molecule has 1 heterocycles. The van der Waals surface area contributed by atoms with Gasteiger partial charge in [0.05, 0.1) is 15.7 Å². The van der Waals surface area contributed by atoms with E-state index in [-0.39, 0.29) is 10.0 Å². The summed E-state index contributed by atoms with van der Waals surface area (Å²) in [5, 5.41) is 0. The van der Waals surface area contributed by atoms with Crippen molar-refractivity contribution in [3.8, 4) is 0 Å². The molecule has 0 saturated carbocycles. The van der Waals surface area contributed by atoms with Gasteiger partial charge in [-0.25, -0.2) is 4.39 Å². The Morgan fingerprint density at radius 2 is 1.85 bits per heavy atom. The number of Topliss-reactive ketones (excluding diaryl/α,β-unsaturated/α-hetero) is 1. The minimum absolute atomic E-state index is 0.196. The molecule has 0 atom stereocenters. The quantitative estimate of drug-likeness (QED) is 0.437. The molecule has 1 amide bonds. The third-order valence-corrected chi connectivity index (χ3v) is 4.15. The number of hydrogen-bond acceptors (Lipinski definition) is 2. The molecule has 20 heavy (non-hydrogen) atoms. The predicted octanol–water partition coefficient (Wildman–Crippen LogP) is 3.92. The first-order valence-electron chi connectivity index (χ1n) is 6.47. The summed E-state index contributed by atoms with van der Waals surface area (Å²) in [6, 6.07) is 2.61. The van der Waals surface area contributed by atoms with Crippen LogP contribution in [0.25, 0.3) is 0 Å². The molecule has 1 aromatic carbocycles. The molecule has 0 saturated heterocycles. The van der Waals surface area contributed by atoms with Gasteiger partial charge in [0.25, 0.3) is 11.7 Å². The number of anilines is 1. The largest absolute Gasteiger partial charge is 0.305 e. The first kappa shape index (κ1) is 15.4. The molecule has 0 radical (unpaired) electrons. The second kappa shape index (κ2) is 6.68. The van der Waals surface area contributed by atoms with Crippen molar-refractivity contribution in [3.05, 3.63) is 28.0 Å². The first-order valence-corrected chi connectivity index (χ1v) is 7.80. The highest BCUT2D eigenvalue weighted by atomic mass is 79.9. The van der Waals surface area contributed by atoms with Crippen LogP contribution in [0.15, 0.2) is 16.6 Å². The molecule has 1 aliphatic heterocycles. The topological polar surface area (TPSA) is 37.4 Å². The Morgan fingerprint density at radius 3 is 2.55 bits per heavy atom. The third kappa shape index (κ3) is 3.04. The average molecular weight is 363 g/mol. The Balaban J connectivity index is 2.10. The Morgan fingerprint density at radius 1 is 1.15 bits per heavy atom. The fourth-order valence-corrected chi connectivity index (χ4v) is 2.76. The summed E-state index contributed by atoms with van der Waals surface area (Å²) in [6.07, 6.45) is 3.62. The number of alkyl halides is 1. The van der Waals surface area contributed by atoms with Gasteiger partial charge in [-0.2, -0.15) is 0 Å². The van der Waals surface area contributed by atoms with Crippen molar-refractivity contribution in [2.45, 2.75) is 25.7 Å². The zero-order valence-corrected chi connectivity index (χ0v) is 13.1. The van der Waals surface area contributed by atoms with Crippen LogP contribution in [0.3, 0.4) is 0 Å². The molecular weight excluding hydrogens is 349 g/mol. The summed E-state index contributed by atoms with van der Waals surface area (Å²) in [4.78, 5) is 25.1. The zero-order chi connectivity index (χ0) is 14.7. The number of ketones is 1.